The highest BCUT2D eigenvalue weighted by Crippen LogP contribution is 2.45. The molecule has 20 heavy (non-hydrogen) atoms. The first kappa shape index (κ1) is 14.3. The molecule has 3 rings (SSSR count). The van der Waals surface area contributed by atoms with Crippen LogP contribution in [0, 0.1) is 0 Å². The van der Waals surface area contributed by atoms with Gasteiger partial charge in [-0.3, -0.25) is 0 Å². The van der Waals surface area contributed by atoms with Crippen LogP contribution in [0.5, 0.6) is 0 Å². The molecular weight excluding hydrogens is 318 g/mol. The molecule has 4 nitrogen and oxygen atoms in total. The lowest BCUT2D eigenvalue weighted by Gasteiger charge is -2.23. The van der Waals surface area contributed by atoms with Crippen LogP contribution in [0.25, 0.3) is 0 Å². The number of halogens is 1. The molecule has 1 N–H and O–H groups in total. The third kappa shape index (κ3) is 2.70. The molecule has 2 aliphatic rings. The van der Waals surface area contributed by atoms with Crippen LogP contribution >= 0.6 is 15.9 Å². The second kappa shape index (κ2) is 5.60. The van der Waals surface area contributed by atoms with Crippen molar-refractivity contribution in [3.8, 4) is 0 Å². The lowest BCUT2D eigenvalue weighted by Crippen LogP contribution is -2.25. The summed E-state index contributed by atoms with van der Waals surface area (Å²) >= 11 is 3.68. The van der Waals surface area contributed by atoms with Crippen LogP contribution in [0.1, 0.15) is 63.4 Å². The molecule has 1 aromatic heterocycles. The van der Waals surface area contributed by atoms with Crippen molar-refractivity contribution >= 4 is 21.7 Å². The molecule has 0 bridgehead atoms. The predicted octanol–water partition coefficient (Wildman–Crippen LogP) is 3.96. The lowest BCUT2D eigenvalue weighted by molar-refractivity contribution is 0.00923. The molecule has 1 unspecified atom stereocenters. The van der Waals surface area contributed by atoms with E-state index in [-0.39, 0.29) is 5.60 Å². The number of nitrogens with one attached hydrogen (secondary N) is 1. The van der Waals surface area contributed by atoms with Crippen molar-refractivity contribution in [2.75, 3.05) is 18.5 Å². The molecule has 0 spiro atoms. The van der Waals surface area contributed by atoms with Crippen LogP contribution < -0.4 is 5.32 Å². The first-order chi connectivity index (χ1) is 9.64. The first-order valence-corrected chi connectivity index (χ1v) is 8.39. The van der Waals surface area contributed by atoms with Crippen molar-refractivity contribution in [1.82, 2.24) is 9.97 Å². The molecule has 1 saturated carbocycles. The average molecular weight is 340 g/mol. The Bertz CT molecular complexity index is 496. The third-order valence-electron chi connectivity index (χ3n) is 4.08. The third-order valence-corrected chi connectivity index (χ3v) is 4.86. The minimum atomic E-state index is -0.313. The Kier molecular flexibility index (Phi) is 4.00. The van der Waals surface area contributed by atoms with Gasteiger partial charge < -0.3 is 10.1 Å². The zero-order chi connectivity index (χ0) is 14.2. The number of aromatic nitrogens is 2. The van der Waals surface area contributed by atoms with Gasteiger partial charge >= 0.3 is 0 Å². The Morgan fingerprint density at radius 1 is 1.40 bits per heavy atom. The fourth-order valence-corrected chi connectivity index (χ4v) is 3.29. The summed E-state index contributed by atoms with van der Waals surface area (Å²) in [6.45, 7) is 6.01. The van der Waals surface area contributed by atoms with Gasteiger partial charge in [-0.1, -0.05) is 6.92 Å². The molecule has 1 aliphatic heterocycles. The molecule has 0 amide bonds. The molecule has 5 heteroatoms. The van der Waals surface area contributed by atoms with Crippen molar-refractivity contribution in [3.05, 3.63) is 16.0 Å². The summed E-state index contributed by atoms with van der Waals surface area (Å²) in [5.74, 6) is 2.37. The van der Waals surface area contributed by atoms with Gasteiger partial charge in [0.2, 0.25) is 0 Å². The Morgan fingerprint density at radius 3 is 2.80 bits per heavy atom. The number of nitrogens with zero attached hydrogens (tertiary/aromatic N) is 2. The van der Waals surface area contributed by atoms with Gasteiger partial charge in [-0.25, -0.2) is 9.97 Å². The van der Waals surface area contributed by atoms with E-state index < -0.39 is 0 Å². The fraction of sp³-hybridized carbons (Fsp3) is 0.733. The molecule has 1 saturated heterocycles. The van der Waals surface area contributed by atoms with Gasteiger partial charge in [0.15, 0.2) is 5.82 Å². The van der Waals surface area contributed by atoms with Gasteiger partial charge in [0.25, 0.3) is 0 Å². The Hall–Kier alpha value is -0.680. The molecule has 2 fully saturated rings. The summed E-state index contributed by atoms with van der Waals surface area (Å²) in [4.78, 5) is 9.57. The van der Waals surface area contributed by atoms with E-state index in [1.54, 1.807) is 0 Å². The van der Waals surface area contributed by atoms with Gasteiger partial charge in [0.05, 0.1) is 10.2 Å². The van der Waals surface area contributed by atoms with E-state index in [1.165, 1.54) is 12.8 Å². The zero-order valence-corrected chi connectivity index (χ0v) is 13.8. The van der Waals surface area contributed by atoms with Crippen LogP contribution in [0.4, 0.5) is 5.82 Å². The molecule has 0 aromatic carbocycles. The van der Waals surface area contributed by atoms with Crippen molar-refractivity contribution in [1.29, 1.82) is 0 Å². The second-order valence-electron chi connectivity index (χ2n) is 5.98. The minimum Gasteiger partial charge on any atom is -0.369 e. The van der Waals surface area contributed by atoms with Gasteiger partial charge in [-0.15, -0.1) is 0 Å². The maximum atomic E-state index is 5.91. The Labute approximate surface area is 128 Å². The molecule has 1 aliphatic carbocycles. The smallest absolute Gasteiger partial charge is 0.162 e. The van der Waals surface area contributed by atoms with Crippen LogP contribution in [0.3, 0.4) is 0 Å². The highest BCUT2D eigenvalue weighted by molar-refractivity contribution is 9.10. The number of hydrogen-bond acceptors (Lipinski definition) is 4. The molecule has 1 atom stereocenters. The normalized spacial score (nSPS) is 25.9. The SMILES string of the molecule is CCCNc1nc(C2(C)CCCO2)nc(C2CC2)c1Br. The minimum absolute atomic E-state index is 0.313. The molecular formula is C15H22BrN3O. The maximum absolute atomic E-state index is 5.91. The molecule has 2 heterocycles. The zero-order valence-electron chi connectivity index (χ0n) is 12.2. The van der Waals surface area contributed by atoms with Gasteiger partial charge in [-0.2, -0.15) is 0 Å². The van der Waals surface area contributed by atoms with Crippen LogP contribution in [0.15, 0.2) is 4.47 Å². The van der Waals surface area contributed by atoms with Gasteiger partial charge in [-0.05, 0) is 55.0 Å². The number of anilines is 1. The largest absolute Gasteiger partial charge is 0.369 e. The van der Waals surface area contributed by atoms with E-state index in [9.17, 15) is 0 Å². The summed E-state index contributed by atoms with van der Waals surface area (Å²) in [5.41, 5.74) is 0.845. The monoisotopic (exact) mass is 339 g/mol. The lowest BCUT2D eigenvalue weighted by atomic mass is 10.0. The number of ether oxygens (including phenoxy) is 1. The topological polar surface area (TPSA) is 47.0 Å². The van der Waals surface area contributed by atoms with Crippen LogP contribution in [-0.2, 0) is 10.3 Å². The van der Waals surface area contributed by atoms with E-state index in [2.05, 4.69) is 35.1 Å². The fourth-order valence-electron chi connectivity index (χ4n) is 2.64. The number of rotatable bonds is 5. The van der Waals surface area contributed by atoms with E-state index in [4.69, 9.17) is 14.7 Å². The summed E-state index contributed by atoms with van der Waals surface area (Å²) in [7, 11) is 0. The quantitative estimate of drug-likeness (QED) is 0.881. The molecule has 0 radical (unpaired) electrons. The summed E-state index contributed by atoms with van der Waals surface area (Å²) in [6.07, 6.45) is 5.65. The Balaban J connectivity index is 1.98. The predicted molar refractivity (Wildman–Crippen MR) is 83.0 cm³/mol. The van der Waals surface area contributed by atoms with Crippen LogP contribution in [0.2, 0.25) is 0 Å². The van der Waals surface area contributed by atoms with Crippen molar-refractivity contribution in [3.63, 3.8) is 0 Å². The Morgan fingerprint density at radius 2 is 2.20 bits per heavy atom. The maximum Gasteiger partial charge on any atom is 0.162 e. The van der Waals surface area contributed by atoms with E-state index in [1.807, 2.05) is 0 Å². The summed E-state index contributed by atoms with van der Waals surface area (Å²) in [6, 6.07) is 0. The van der Waals surface area contributed by atoms with Crippen molar-refractivity contribution in [2.45, 2.75) is 57.5 Å². The van der Waals surface area contributed by atoms with Gasteiger partial charge in [0, 0.05) is 19.1 Å². The van der Waals surface area contributed by atoms with Crippen LogP contribution in [-0.4, -0.2) is 23.1 Å². The average Bonchev–Trinajstić information content (AvgIpc) is 3.19. The highest BCUT2D eigenvalue weighted by Gasteiger charge is 2.38. The molecule has 1 aromatic rings. The summed E-state index contributed by atoms with van der Waals surface area (Å²) in [5, 5.41) is 3.41. The molecule has 110 valence electrons. The van der Waals surface area contributed by atoms with E-state index >= 15 is 0 Å². The van der Waals surface area contributed by atoms with Crippen molar-refractivity contribution in [2.24, 2.45) is 0 Å². The first-order valence-electron chi connectivity index (χ1n) is 7.60. The second-order valence-corrected chi connectivity index (χ2v) is 6.77. The van der Waals surface area contributed by atoms with E-state index in [0.29, 0.717) is 5.92 Å². The standard InChI is InChI=1S/C15H22BrN3O/c1-3-8-17-13-11(16)12(10-5-6-10)18-14(19-13)15(2)7-4-9-20-15/h10H,3-9H2,1-2H3,(H,17,18,19). The summed E-state index contributed by atoms with van der Waals surface area (Å²) < 4.78 is 6.95. The number of hydrogen-bond donors (Lipinski definition) is 1. The van der Waals surface area contributed by atoms with Gasteiger partial charge in [0.1, 0.15) is 11.4 Å². The highest BCUT2D eigenvalue weighted by atomic mass is 79.9. The van der Waals surface area contributed by atoms with E-state index in [0.717, 1.165) is 54.2 Å². The van der Waals surface area contributed by atoms with Crippen molar-refractivity contribution < 1.29 is 4.74 Å².